The summed E-state index contributed by atoms with van der Waals surface area (Å²) in [4.78, 5) is 11.1. The first-order valence-electron chi connectivity index (χ1n) is 6.17. The lowest BCUT2D eigenvalue weighted by Crippen LogP contribution is -2.37. The molecule has 1 aliphatic heterocycles. The first-order valence-corrected chi connectivity index (χ1v) is 6.55. The summed E-state index contributed by atoms with van der Waals surface area (Å²) in [6, 6.07) is 1.57. The van der Waals surface area contributed by atoms with Gasteiger partial charge in [0.25, 0.3) is 0 Å². The van der Waals surface area contributed by atoms with E-state index in [0.717, 1.165) is 0 Å². The van der Waals surface area contributed by atoms with Crippen molar-refractivity contribution in [2.24, 2.45) is 0 Å². The van der Waals surface area contributed by atoms with Crippen molar-refractivity contribution in [1.29, 1.82) is 0 Å². The van der Waals surface area contributed by atoms with Crippen molar-refractivity contribution in [2.75, 3.05) is 43.4 Å². The molecule has 0 atom stereocenters. The number of hydrogen-bond acceptors (Lipinski definition) is 5. The van der Waals surface area contributed by atoms with Crippen LogP contribution in [0.4, 0.5) is 24.9 Å². The van der Waals surface area contributed by atoms with E-state index >= 15 is 0 Å². The molecular weight excluding hydrogens is 295 g/mol. The molecule has 0 aliphatic carbocycles. The normalized spacial score (nSPS) is 18.1. The number of nitrogens with zero attached hydrogens (tertiary/aromatic N) is 4. The summed E-state index contributed by atoms with van der Waals surface area (Å²) < 4.78 is 37.2. The van der Waals surface area contributed by atoms with Gasteiger partial charge in [-0.05, 0) is 6.42 Å². The highest BCUT2D eigenvalue weighted by Gasteiger charge is 2.31. The van der Waals surface area contributed by atoms with E-state index < -0.39 is 12.7 Å². The van der Waals surface area contributed by atoms with Crippen LogP contribution in [0, 0.1) is 0 Å². The number of aromatic nitrogens is 2. The van der Waals surface area contributed by atoms with Crippen molar-refractivity contribution in [1.82, 2.24) is 14.9 Å². The van der Waals surface area contributed by atoms with Crippen LogP contribution in [0.15, 0.2) is 6.07 Å². The van der Waals surface area contributed by atoms with E-state index in [1.54, 1.807) is 6.07 Å². The first-order chi connectivity index (χ1) is 9.33. The molecule has 0 unspecified atom stereocenters. The lowest BCUT2D eigenvalue weighted by molar-refractivity contribution is -0.145. The predicted octanol–water partition coefficient (Wildman–Crippen LogP) is 1.79. The van der Waals surface area contributed by atoms with Gasteiger partial charge in [-0.25, -0.2) is 4.98 Å². The maximum absolute atomic E-state index is 12.4. The average Bonchev–Trinajstić information content (AvgIpc) is 2.51. The molecule has 2 rings (SSSR count). The number of alkyl halides is 3. The summed E-state index contributed by atoms with van der Waals surface area (Å²) in [5.74, 6) is 0.611. The van der Waals surface area contributed by atoms with Gasteiger partial charge in [0.15, 0.2) is 0 Å². The summed E-state index contributed by atoms with van der Waals surface area (Å²) >= 11 is 5.81. The summed E-state index contributed by atoms with van der Waals surface area (Å²) in [6.07, 6.45) is -3.55. The molecular formula is C11H15ClF3N5. The van der Waals surface area contributed by atoms with Gasteiger partial charge >= 0.3 is 6.18 Å². The van der Waals surface area contributed by atoms with Gasteiger partial charge in [0.05, 0.1) is 6.54 Å². The topological polar surface area (TPSA) is 58.3 Å². The van der Waals surface area contributed by atoms with Crippen molar-refractivity contribution in [3.63, 3.8) is 0 Å². The second-order valence-electron chi connectivity index (χ2n) is 4.64. The fourth-order valence-electron chi connectivity index (χ4n) is 2.20. The van der Waals surface area contributed by atoms with E-state index in [-0.39, 0.29) is 11.1 Å². The summed E-state index contributed by atoms with van der Waals surface area (Å²) in [5.41, 5.74) is 5.52. The molecule has 0 spiro atoms. The minimum Gasteiger partial charge on any atom is -0.368 e. The molecule has 5 nitrogen and oxygen atoms in total. The van der Waals surface area contributed by atoms with E-state index in [4.69, 9.17) is 17.3 Å². The highest BCUT2D eigenvalue weighted by atomic mass is 35.5. The smallest absolute Gasteiger partial charge is 0.368 e. The van der Waals surface area contributed by atoms with Crippen LogP contribution in [0.5, 0.6) is 0 Å². The highest BCUT2D eigenvalue weighted by molar-refractivity contribution is 6.29. The van der Waals surface area contributed by atoms with Gasteiger partial charge in [0, 0.05) is 32.2 Å². The van der Waals surface area contributed by atoms with Crippen LogP contribution in [-0.4, -0.2) is 53.8 Å². The van der Waals surface area contributed by atoms with Crippen LogP contribution in [0.1, 0.15) is 6.42 Å². The van der Waals surface area contributed by atoms with Gasteiger partial charge < -0.3 is 10.6 Å². The van der Waals surface area contributed by atoms with Gasteiger partial charge in [0.2, 0.25) is 5.95 Å². The van der Waals surface area contributed by atoms with Crippen LogP contribution in [0.2, 0.25) is 5.15 Å². The Balaban J connectivity index is 2.02. The molecule has 1 fully saturated rings. The number of rotatable bonds is 2. The van der Waals surface area contributed by atoms with Crippen LogP contribution in [0.3, 0.4) is 0 Å². The Labute approximate surface area is 119 Å². The van der Waals surface area contributed by atoms with Crippen molar-refractivity contribution in [3.05, 3.63) is 11.2 Å². The Hall–Kier alpha value is -1.28. The predicted molar refractivity (Wildman–Crippen MR) is 70.8 cm³/mol. The van der Waals surface area contributed by atoms with E-state index in [1.165, 1.54) is 4.90 Å². The third-order valence-electron chi connectivity index (χ3n) is 3.01. The van der Waals surface area contributed by atoms with Crippen molar-refractivity contribution in [3.8, 4) is 0 Å². The monoisotopic (exact) mass is 309 g/mol. The van der Waals surface area contributed by atoms with E-state index in [9.17, 15) is 13.2 Å². The molecule has 1 aromatic heterocycles. The zero-order valence-electron chi connectivity index (χ0n) is 10.7. The summed E-state index contributed by atoms with van der Waals surface area (Å²) in [7, 11) is 0. The Bertz CT molecular complexity index is 448. The van der Waals surface area contributed by atoms with Crippen LogP contribution in [-0.2, 0) is 0 Å². The van der Waals surface area contributed by atoms with Gasteiger partial charge in [-0.15, -0.1) is 0 Å². The van der Waals surface area contributed by atoms with Crippen LogP contribution in [0.25, 0.3) is 0 Å². The molecule has 2 N–H and O–H groups in total. The molecule has 1 aromatic rings. The van der Waals surface area contributed by atoms with E-state index in [0.29, 0.717) is 38.4 Å². The summed E-state index contributed by atoms with van der Waals surface area (Å²) in [6.45, 7) is 0.906. The van der Waals surface area contributed by atoms with Crippen molar-refractivity contribution >= 4 is 23.4 Å². The third-order valence-corrected chi connectivity index (χ3v) is 3.21. The largest absolute Gasteiger partial charge is 0.401 e. The van der Waals surface area contributed by atoms with E-state index in [1.807, 2.05) is 4.90 Å². The minimum absolute atomic E-state index is 0.0592. The maximum Gasteiger partial charge on any atom is 0.401 e. The highest BCUT2D eigenvalue weighted by Crippen LogP contribution is 2.21. The van der Waals surface area contributed by atoms with E-state index in [2.05, 4.69) is 9.97 Å². The maximum atomic E-state index is 12.4. The number of nitrogens with two attached hydrogens (primary N) is 1. The number of nitrogen functional groups attached to an aromatic ring is 1. The van der Waals surface area contributed by atoms with Crippen LogP contribution < -0.4 is 10.6 Å². The second kappa shape index (κ2) is 6.01. The Morgan fingerprint density at radius 1 is 1.20 bits per heavy atom. The molecule has 9 heteroatoms. The molecule has 0 radical (unpaired) electrons. The zero-order valence-corrected chi connectivity index (χ0v) is 11.5. The molecule has 0 aromatic carbocycles. The van der Waals surface area contributed by atoms with Crippen molar-refractivity contribution in [2.45, 2.75) is 12.6 Å². The lowest BCUT2D eigenvalue weighted by atomic mass is 10.3. The summed E-state index contributed by atoms with van der Waals surface area (Å²) in [5, 5.41) is 0.226. The average molecular weight is 310 g/mol. The fraction of sp³-hybridized carbons (Fsp3) is 0.636. The number of hydrogen-bond donors (Lipinski definition) is 1. The van der Waals surface area contributed by atoms with Gasteiger partial charge in [0.1, 0.15) is 11.0 Å². The number of halogens is 4. The molecule has 20 heavy (non-hydrogen) atoms. The molecule has 1 saturated heterocycles. The zero-order chi connectivity index (χ0) is 14.8. The molecule has 0 amide bonds. The number of anilines is 2. The van der Waals surface area contributed by atoms with Crippen LogP contribution >= 0.6 is 11.6 Å². The first kappa shape index (κ1) is 15.1. The molecule has 112 valence electrons. The molecule has 2 heterocycles. The van der Waals surface area contributed by atoms with Gasteiger partial charge in [-0.2, -0.15) is 18.2 Å². The molecule has 1 aliphatic rings. The minimum atomic E-state index is -4.17. The SMILES string of the molecule is Nc1nc(Cl)cc(N2CCCN(CC(F)(F)F)CC2)n1. The molecule has 0 saturated carbocycles. The Morgan fingerprint density at radius 2 is 1.95 bits per heavy atom. The Kier molecular flexibility index (Phi) is 4.54. The quantitative estimate of drug-likeness (QED) is 0.844. The second-order valence-corrected chi connectivity index (χ2v) is 5.03. The fourth-order valence-corrected chi connectivity index (χ4v) is 2.38. The molecule has 0 bridgehead atoms. The van der Waals surface area contributed by atoms with Crippen molar-refractivity contribution < 1.29 is 13.2 Å². The van der Waals surface area contributed by atoms with Gasteiger partial charge in [-0.1, -0.05) is 11.6 Å². The Morgan fingerprint density at radius 3 is 2.60 bits per heavy atom. The third kappa shape index (κ3) is 4.38. The lowest BCUT2D eigenvalue weighted by Gasteiger charge is -2.23. The standard InChI is InChI=1S/C11H15ClF3N5/c12-8-6-9(18-10(16)17-8)20-3-1-2-19(4-5-20)7-11(13,14)15/h6H,1-5,7H2,(H2,16,17,18). The van der Waals surface area contributed by atoms with Gasteiger partial charge in [-0.3, -0.25) is 4.90 Å².